The SMILES string of the molecule is CC(C)(C)C1CCCC(NCCC2=CCCCC2)CC1. The molecule has 2 atom stereocenters. The number of nitrogens with one attached hydrogen (secondary N) is 1. The van der Waals surface area contributed by atoms with Gasteiger partial charge in [-0.3, -0.25) is 0 Å². The Morgan fingerprint density at radius 1 is 1.05 bits per heavy atom. The van der Waals surface area contributed by atoms with E-state index in [1.807, 2.05) is 0 Å². The van der Waals surface area contributed by atoms with Gasteiger partial charge in [0.15, 0.2) is 0 Å². The van der Waals surface area contributed by atoms with Crippen molar-refractivity contribution in [2.75, 3.05) is 6.54 Å². The second-order valence-corrected chi connectivity index (χ2v) is 8.08. The standard InChI is InChI=1S/C19H35N/c1-19(2,3)17-10-7-11-18(13-12-17)20-15-14-16-8-5-4-6-9-16/h8,17-18,20H,4-7,9-15H2,1-3H3. The third kappa shape index (κ3) is 5.24. The van der Waals surface area contributed by atoms with E-state index < -0.39 is 0 Å². The Bertz CT molecular complexity index is 310. The van der Waals surface area contributed by atoms with Crippen LogP contribution in [0.2, 0.25) is 0 Å². The summed E-state index contributed by atoms with van der Waals surface area (Å²) >= 11 is 0. The molecule has 2 aliphatic carbocycles. The van der Waals surface area contributed by atoms with Crippen molar-refractivity contribution in [3.8, 4) is 0 Å². The summed E-state index contributed by atoms with van der Waals surface area (Å²) in [6, 6.07) is 0.784. The van der Waals surface area contributed by atoms with Crippen LogP contribution in [0.1, 0.15) is 85.0 Å². The second kappa shape index (κ2) is 7.64. The van der Waals surface area contributed by atoms with Gasteiger partial charge in [-0.1, -0.05) is 38.8 Å². The Morgan fingerprint density at radius 3 is 2.60 bits per heavy atom. The highest BCUT2D eigenvalue weighted by Gasteiger charge is 2.27. The largest absolute Gasteiger partial charge is 0.314 e. The molecule has 0 aromatic rings. The van der Waals surface area contributed by atoms with Crippen molar-refractivity contribution >= 4 is 0 Å². The van der Waals surface area contributed by atoms with E-state index in [0.717, 1.165) is 12.0 Å². The fraction of sp³-hybridized carbons (Fsp3) is 0.895. The van der Waals surface area contributed by atoms with Crippen molar-refractivity contribution in [3.63, 3.8) is 0 Å². The van der Waals surface area contributed by atoms with Crippen LogP contribution in [0.3, 0.4) is 0 Å². The van der Waals surface area contributed by atoms with Gasteiger partial charge in [-0.15, -0.1) is 0 Å². The first kappa shape index (κ1) is 16.1. The lowest BCUT2D eigenvalue weighted by Crippen LogP contribution is -2.30. The number of hydrogen-bond donors (Lipinski definition) is 1. The highest BCUT2D eigenvalue weighted by atomic mass is 14.9. The van der Waals surface area contributed by atoms with Crippen LogP contribution in [0.5, 0.6) is 0 Å². The third-order valence-electron chi connectivity index (χ3n) is 5.46. The van der Waals surface area contributed by atoms with Crippen molar-refractivity contribution in [1.29, 1.82) is 0 Å². The first-order valence-electron chi connectivity index (χ1n) is 8.97. The molecule has 2 unspecified atom stereocenters. The fourth-order valence-electron chi connectivity index (χ4n) is 3.94. The summed E-state index contributed by atoms with van der Waals surface area (Å²) in [6.45, 7) is 8.46. The van der Waals surface area contributed by atoms with E-state index in [0.29, 0.717) is 5.41 Å². The number of rotatable bonds is 4. The van der Waals surface area contributed by atoms with Gasteiger partial charge in [0.2, 0.25) is 0 Å². The molecule has 1 N–H and O–H groups in total. The molecule has 116 valence electrons. The highest BCUT2D eigenvalue weighted by molar-refractivity contribution is 5.05. The first-order valence-corrected chi connectivity index (χ1v) is 8.97. The quantitative estimate of drug-likeness (QED) is 0.531. The van der Waals surface area contributed by atoms with Crippen molar-refractivity contribution in [2.45, 2.75) is 91.0 Å². The molecule has 0 aromatic heterocycles. The van der Waals surface area contributed by atoms with Crippen LogP contribution >= 0.6 is 0 Å². The zero-order chi connectivity index (χ0) is 14.4. The molecule has 2 aliphatic rings. The smallest absolute Gasteiger partial charge is 0.00672 e. The van der Waals surface area contributed by atoms with Crippen LogP contribution in [0.25, 0.3) is 0 Å². The van der Waals surface area contributed by atoms with Gasteiger partial charge in [0, 0.05) is 6.04 Å². The maximum absolute atomic E-state index is 3.84. The van der Waals surface area contributed by atoms with Gasteiger partial charge in [-0.05, 0) is 75.7 Å². The first-order chi connectivity index (χ1) is 9.55. The molecule has 0 radical (unpaired) electrons. The van der Waals surface area contributed by atoms with Crippen molar-refractivity contribution in [2.24, 2.45) is 11.3 Å². The molecule has 20 heavy (non-hydrogen) atoms. The summed E-state index contributed by atoms with van der Waals surface area (Å²) in [4.78, 5) is 0. The predicted molar refractivity (Wildman–Crippen MR) is 89.0 cm³/mol. The summed E-state index contributed by atoms with van der Waals surface area (Å²) in [5, 5.41) is 3.84. The van der Waals surface area contributed by atoms with Crippen LogP contribution in [0.15, 0.2) is 11.6 Å². The fourth-order valence-corrected chi connectivity index (χ4v) is 3.94. The van der Waals surface area contributed by atoms with Gasteiger partial charge >= 0.3 is 0 Å². The van der Waals surface area contributed by atoms with Gasteiger partial charge in [0.1, 0.15) is 0 Å². The van der Waals surface area contributed by atoms with Crippen molar-refractivity contribution < 1.29 is 0 Å². The average molecular weight is 277 g/mol. The molecule has 1 fully saturated rings. The summed E-state index contributed by atoms with van der Waals surface area (Å²) in [5.74, 6) is 0.926. The molecule has 0 saturated heterocycles. The lowest BCUT2D eigenvalue weighted by molar-refractivity contribution is 0.213. The summed E-state index contributed by atoms with van der Waals surface area (Å²) in [5.41, 5.74) is 2.21. The number of hydrogen-bond acceptors (Lipinski definition) is 1. The van der Waals surface area contributed by atoms with Crippen molar-refractivity contribution in [1.82, 2.24) is 5.32 Å². The van der Waals surface area contributed by atoms with Crippen LogP contribution in [-0.2, 0) is 0 Å². The van der Waals surface area contributed by atoms with Gasteiger partial charge in [0.25, 0.3) is 0 Å². The molecule has 0 bridgehead atoms. The zero-order valence-electron chi connectivity index (χ0n) is 14.0. The van der Waals surface area contributed by atoms with E-state index in [4.69, 9.17) is 0 Å². The Kier molecular flexibility index (Phi) is 6.14. The topological polar surface area (TPSA) is 12.0 Å². The molecule has 1 nitrogen and oxygen atoms in total. The Balaban J connectivity index is 1.67. The average Bonchev–Trinajstić information content (AvgIpc) is 2.65. The van der Waals surface area contributed by atoms with E-state index in [1.165, 1.54) is 70.8 Å². The molecule has 1 heteroatoms. The molecule has 0 spiro atoms. The monoisotopic (exact) mass is 277 g/mol. The summed E-state index contributed by atoms with van der Waals surface area (Å²) in [7, 11) is 0. The second-order valence-electron chi connectivity index (χ2n) is 8.08. The van der Waals surface area contributed by atoms with E-state index in [2.05, 4.69) is 32.2 Å². The van der Waals surface area contributed by atoms with E-state index in [9.17, 15) is 0 Å². The van der Waals surface area contributed by atoms with Crippen LogP contribution in [0, 0.1) is 11.3 Å². The van der Waals surface area contributed by atoms with E-state index in [1.54, 1.807) is 5.57 Å². The summed E-state index contributed by atoms with van der Waals surface area (Å²) in [6.07, 6.45) is 16.4. The molecule has 0 aromatic carbocycles. The van der Waals surface area contributed by atoms with Gasteiger partial charge in [-0.25, -0.2) is 0 Å². The Labute approximate surface area is 126 Å². The van der Waals surface area contributed by atoms with Crippen LogP contribution in [0.4, 0.5) is 0 Å². The van der Waals surface area contributed by atoms with Crippen LogP contribution in [-0.4, -0.2) is 12.6 Å². The lowest BCUT2D eigenvalue weighted by atomic mass is 9.76. The molecule has 2 rings (SSSR count). The third-order valence-corrected chi connectivity index (χ3v) is 5.46. The van der Waals surface area contributed by atoms with Gasteiger partial charge in [0.05, 0.1) is 0 Å². The summed E-state index contributed by atoms with van der Waals surface area (Å²) < 4.78 is 0. The molecule has 0 aliphatic heterocycles. The molecule has 1 saturated carbocycles. The van der Waals surface area contributed by atoms with Crippen molar-refractivity contribution in [3.05, 3.63) is 11.6 Å². The predicted octanol–water partition coefficient (Wildman–Crippen LogP) is 5.46. The molecule has 0 heterocycles. The maximum atomic E-state index is 3.84. The van der Waals surface area contributed by atoms with Gasteiger partial charge in [-0.2, -0.15) is 0 Å². The minimum atomic E-state index is 0.502. The lowest BCUT2D eigenvalue weighted by Gasteiger charge is -2.29. The van der Waals surface area contributed by atoms with E-state index in [-0.39, 0.29) is 0 Å². The zero-order valence-corrected chi connectivity index (χ0v) is 14.0. The minimum Gasteiger partial charge on any atom is -0.314 e. The molecular formula is C19H35N. The van der Waals surface area contributed by atoms with Gasteiger partial charge < -0.3 is 5.32 Å². The number of allylic oxidation sites excluding steroid dienone is 1. The highest BCUT2D eigenvalue weighted by Crippen LogP contribution is 2.36. The normalized spacial score (nSPS) is 28.9. The Morgan fingerprint density at radius 2 is 1.90 bits per heavy atom. The van der Waals surface area contributed by atoms with Crippen LogP contribution < -0.4 is 5.32 Å². The molecule has 0 amide bonds. The minimum absolute atomic E-state index is 0.502. The van der Waals surface area contributed by atoms with E-state index >= 15 is 0 Å². The maximum Gasteiger partial charge on any atom is 0.00672 e. The molecular weight excluding hydrogens is 242 g/mol. The Hall–Kier alpha value is -0.300.